The second-order valence-electron chi connectivity index (χ2n) is 5.09. The standard InChI is InChI=1S/C16H21NO5S/c1-13-10-15(21-3)4-5-16(13)23(18,19)17(7-9-20-2)11-14-6-8-22-12-14/h4-6,8,10,12H,7,9,11H2,1-3H3. The molecule has 0 bridgehead atoms. The van der Waals surface area contributed by atoms with Crippen LogP contribution in [0, 0.1) is 6.92 Å². The van der Waals surface area contributed by atoms with Crippen molar-refractivity contribution in [3.63, 3.8) is 0 Å². The Balaban J connectivity index is 2.34. The van der Waals surface area contributed by atoms with Crippen molar-refractivity contribution in [1.82, 2.24) is 4.31 Å². The lowest BCUT2D eigenvalue weighted by molar-refractivity contribution is 0.177. The van der Waals surface area contributed by atoms with Gasteiger partial charge in [0.15, 0.2) is 0 Å². The van der Waals surface area contributed by atoms with Crippen LogP contribution in [0.1, 0.15) is 11.1 Å². The largest absolute Gasteiger partial charge is 0.497 e. The zero-order valence-corrected chi connectivity index (χ0v) is 14.3. The van der Waals surface area contributed by atoms with Crippen molar-refractivity contribution in [1.29, 1.82) is 0 Å². The summed E-state index contributed by atoms with van der Waals surface area (Å²) in [5.74, 6) is 0.625. The summed E-state index contributed by atoms with van der Waals surface area (Å²) in [5.41, 5.74) is 1.43. The fourth-order valence-corrected chi connectivity index (χ4v) is 3.86. The highest BCUT2D eigenvalue weighted by Gasteiger charge is 2.26. The summed E-state index contributed by atoms with van der Waals surface area (Å²) in [6.45, 7) is 2.55. The average Bonchev–Trinajstić information content (AvgIpc) is 3.03. The summed E-state index contributed by atoms with van der Waals surface area (Å²) in [7, 11) is -0.558. The lowest BCUT2D eigenvalue weighted by atomic mass is 10.2. The number of rotatable bonds is 8. The van der Waals surface area contributed by atoms with Crippen molar-refractivity contribution in [3.05, 3.63) is 47.9 Å². The third-order valence-electron chi connectivity index (χ3n) is 3.48. The molecule has 126 valence electrons. The smallest absolute Gasteiger partial charge is 0.243 e. The minimum absolute atomic E-state index is 0.230. The molecule has 0 radical (unpaired) electrons. The van der Waals surface area contributed by atoms with Gasteiger partial charge in [0, 0.05) is 25.8 Å². The number of ether oxygens (including phenoxy) is 2. The lowest BCUT2D eigenvalue weighted by Crippen LogP contribution is -2.33. The first kappa shape index (κ1) is 17.5. The van der Waals surface area contributed by atoms with Gasteiger partial charge in [-0.25, -0.2) is 8.42 Å². The molecule has 0 aliphatic carbocycles. The van der Waals surface area contributed by atoms with Crippen LogP contribution in [0.3, 0.4) is 0 Å². The molecular weight excluding hydrogens is 318 g/mol. The molecular formula is C16H21NO5S. The van der Waals surface area contributed by atoms with E-state index < -0.39 is 10.0 Å². The van der Waals surface area contributed by atoms with Gasteiger partial charge >= 0.3 is 0 Å². The molecule has 1 heterocycles. The second kappa shape index (κ2) is 7.63. The maximum Gasteiger partial charge on any atom is 0.243 e. The molecule has 1 aromatic heterocycles. The van der Waals surface area contributed by atoms with Crippen LogP contribution < -0.4 is 4.74 Å². The van der Waals surface area contributed by atoms with E-state index in [1.807, 2.05) is 0 Å². The van der Waals surface area contributed by atoms with Crippen molar-refractivity contribution in [3.8, 4) is 5.75 Å². The van der Waals surface area contributed by atoms with E-state index in [1.54, 1.807) is 45.4 Å². The monoisotopic (exact) mass is 339 g/mol. The van der Waals surface area contributed by atoms with Crippen LogP contribution in [-0.2, 0) is 21.3 Å². The summed E-state index contributed by atoms with van der Waals surface area (Å²) < 4.78 is 42.5. The Morgan fingerprint density at radius 3 is 2.57 bits per heavy atom. The summed E-state index contributed by atoms with van der Waals surface area (Å²) in [5, 5.41) is 0. The van der Waals surface area contributed by atoms with E-state index in [2.05, 4.69) is 0 Å². The van der Waals surface area contributed by atoms with E-state index in [9.17, 15) is 8.42 Å². The minimum atomic E-state index is -3.65. The van der Waals surface area contributed by atoms with E-state index in [1.165, 1.54) is 16.8 Å². The van der Waals surface area contributed by atoms with Crippen LogP contribution in [0.25, 0.3) is 0 Å². The SMILES string of the molecule is COCCN(Cc1ccoc1)S(=O)(=O)c1ccc(OC)cc1C. The molecule has 6 nitrogen and oxygen atoms in total. The van der Waals surface area contributed by atoms with Gasteiger partial charge in [-0.2, -0.15) is 4.31 Å². The van der Waals surface area contributed by atoms with Crippen molar-refractivity contribution in [2.45, 2.75) is 18.4 Å². The number of furan rings is 1. The molecule has 0 fully saturated rings. The number of hydrogen-bond donors (Lipinski definition) is 0. The molecule has 0 spiro atoms. The number of sulfonamides is 1. The van der Waals surface area contributed by atoms with Gasteiger partial charge in [-0.15, -0.1) is 0 Å². The molecule has 0 atom stereocenters. The fraction of sp³-hybridized carbons (Fsp3) is 0.375. The van der Waals surface area contributed by atoms with E-state index in [4.69, 9.17) is 13.9 Å². The Morgan fingerprint density at radius 2 is 2.00 bits per heavy atom. The second-order valence-corrected chi connectivity index (χ2v) is 7.00. The van der Waals surface area contributed by atoms with Crippen LogP contribution in [0.15, 0.2) is 46.1 Å². The van der Waals surface area contributed by atoms with Crippen molar-refractivity contribution >= 4 is 10.0 Å². The number of nitrogens with zero attached hydrogens (tertiary/aromatic N) is 1. The van der Waals surface area contributed by atoms with E-state index in [0.29, 0.717) is 17.9 Å². The maximum absolute atomic E-state index is 13.0. The van der Waals surface area contributed by atoms with Crippen LogP contribution in [0.2, 0.25) is 0 Å². The molecule has 0 saturated heterocycles. The summed E-state index contributed by atoms with van der Waals surface area (Å²) in [6.07, 6.45) is 3.06. The van der Waals surface area contributed by atoms with Gasteiger partial charge in [-0.3, -0.25) is 0 Å². The molecule has 2 rings (SSSR count). The van der Waals surface area contributed by atoms with Gasteiger partial charge < -0.3 is 13.9 Å². The van der Waals surface area contributed by atoms with E-state index in [-0.39, 0.29) is 18.0 Å². The van der Waals surface area contributed by atoms with Crippen LogP contribution in [0.4, 0.5) is 0 Å². The van der Waals surface area contributed by atoms with E-state index in [0.717, 1.165) is 5.56 Å². The number of aryl methyl sites for hydroxylation is 1. The van der Waals surface area contributed by atoms with Gasteiger partial charge in [0.2, 0.25) is 10.0 Å². The topological polar surface area (TPSA) is 69.0 Å². The molecule has 23 heavy (non-hydrogen) atoms. The number of hydrogen-bond acceptors (Lipinski definition) is 5. The first-order valence-electron chi connectivity index (χ1n) is 7.14. The predicted octanol–water partition coefficient (Wildman–Crippen LogP) is 2.43. The molecule has 1 aromatic carbocycles. The molecule has 2 aromatic rings. The minimum Gasteiger partial charge on any atom is -0.497 e. The quantitative estimate of drug-likeness (QED) is 0.739. The Labute approximate surface area is 136 Å². The Bertz CT molecular complexity index is 725. The number of methoxy groups -OCH3 is 2. The van der Waals surface area contributed by atoms with Crippen LogP contribution >= 0.6 is 0 Å². The third-order valence-corrected chi connectivity index (χ3v) is 5.49. The van der Waals surface area contributed by atoms with E-state index >= 15 is 0 Å². The zero-order valence-electron chi connectivity index (χ0n) is 13.5. The van der Waals surface area contributed by atoms with Gasteiger partial charge in [-0.05, 0) is 36.8 Å². The van der Waals surface area contributed by atoms with Gasteiger partial charge in [0.05, 0.1) is 31.1 Å². The normalized spacial score (nSPS) is 11.8. The first-order chi connectivity index (χ1) is 11.0. The zero-order chi connectivity index (χ0) is 16.9. The Morgan fingerprint density at radius 1 is 1.22 bits per heavy atom. The highest BCUT2D eigenvalue weighted by atomic mass is 32.2. The summed E-state index contributed by atoms with van der Waals surface area (Å²) in [4.78, 5) is 0.262. The first-order valence-corrected chi connectivity index (χ1v) is 8.58. The van der Waals surface area contributed by atoms with Gasteiger partial charge in [0.1, 0.15) is 5.75 Å². The fourth-order valence-electron chi connectivity index (χ4n) is 2.24. The molecule has 0 aliphatic rings. The molecule has 7 heteroatoms. The van der Waals surface area contributed by atoms with Gasteiger partial charge in [0.25, 0.3) is 0 Å². The highest BCUT2D eigenvalue weighted by Crippen LogP contribution is 2.25. The lowest BCUT2D eigenvalue weighted by Gasteiger charge is -2.22. The van der Waals surface area contributed by atoms with Crippen LogP contribution in [-0.4, -0.2) is 40.1 Å². The predicted molar refractivity (Wildman–Crippen MR) is 85.9 cm³/mol. The summed E-state index contributed by atoms with van der Waals surface area (Å²) in [6, 6.07) is 6.67. The average molecular weight is 339 g/mol. The van der Waals surface area contributed by atoms with Crippen molar-refractivity contribution in [2.75, 3.05) is 27.4 Å². The highest BCUT2D eigenvalue weighted by molar-refractivity contribution is 7.89. The third kappa shape index (κ3) is 4.13. The van der Waals surface area contributed by atoms with Crippen molar-refractivity contribution < 1.29 is 22.3 Å². The molecule has 0 aliphatic heterocycles. The number of benzene rings is 1. The summed E-state index contributed by atoms with van der Waals surface area (Å²) >= 11 is 0. The molecule has 0 unspecified atom stereocenters. The molecule has 0 N–H and O–H groups in total. The molecule has 0 saturated carbocycles. The Hall–Kier alpha value is -1.83. The van der Waals surface area contributed by atoms with Gasteiger partial charge in [-0.1, -0.05) is 0 Å². The maximum atomic E-state index is 13.0. The Kier molecular flexibility index (Phi) is 5.81. The molecule has 0 amide bonds. The van der Waals surface area contributed by atoms with Crippen molar-refractivity contribution in [2.24, 2.45) is 0 Å². The van der Waals surface area contributed by atoms with Crippen LogP contribution in [0.5, 0.6) is 5.75 Å².